The molecular weight excluding hydrogens is 690 g/mol. The number of fused-ring (bicyclic) bond motifs is 2. The fourth-order valence-corrected chi connectivity index (χ4v) is 9.20. The van der Waals surface area contributed by atoms with Gasteiger partial charge in [0.1, 0.15) is 18.1 Å². The quantitative estimate of drug-likeness (QED) is 0.202. The predicted octanol–water partition coefficient (Wildman–Crippen LogP) is 5.61. The van der Waals surface area contributed by atoms with Crippen molar-refractivity contribution in [1.82, 2.24) is 15.1 Å². The number of hydrogen-bond acceptors (Lipinski definition) is 9. The smallest absolute Gasteiger partial charge is 0.327 e. The minimum Gasteiger partial charge on any atom is -0.480 e. The van der Waals surface area contributed by atoms with Gasteiger partial charge in [0, 0.05) is 23.0 Å². The molecule has 2 amide bonds. The molecule has 2 saturated heterocycles. The molecule has 9 nitrogen and oxygen atoms in total. The molecule has 3 aromatic rings. The van der Waals surface area contributed by atoms with Gasteiger partial charge in [0.2, 0.25) is 11.8 Å². The number of piperidine rings is 1. The maximum Gasteiger partial charge on any atom is 0.327 e. The van der Waals surface area contributed by atoms with E-state index in [1.54, 1.807) is 23.1 Å². The third kappa shape index (κ3) is 8.76. The summed E-state index contributed by atoms with van der Waals surface area (Å²) in [6.45, 7) is 1.59. The van der Waals surface area contributed by atoms with E-state index in [1.807, 2.05) is 54.6 Å². The van der Waals surface area contributed by atoms with Crippen LogP contribution in [0.2, 0.25) is 5.02 Å². The van der Waals surface area contributed by atoms with Crippen molar-refractivity contribution in [3.05, 3.63) is 92.6 Å². The van der Waals surface area contributed by atoms with Gasteiger partial charge in [0.15, 0.2) is 0 Å². The van der Waals surface area contributed by atoms with Crippen LogP contribution in [0.4, 0.5) is 0 Å². The van der Waals surface area contributed by atoms with E-state index in [1.165, 1.54) is 22.5 Å². The molecule has 2 N–H and O–H groups in total. The Kier molecular flexibility index (Phi) is 12.9. The van der Waals surface area contributed by atoms with Gasteiger partial charge in [-0.3, -0.25) is 14.5 Å². The number of amides is 2. The molecule has 5 atom stereocenters. The molecule has 1 aromatic heterocycles. The summed E-state index contributed by atoms with van der Waals surface area (Å²) in [6, 6.07) is 17.2. The number of carbonyl (C=O) groups is 4. The Morgan fingerprint density at radius 3 is 2.56 bits per heavy atom. The van der Waals surface area contributed by atoms with Crippen LogP contribution in [0.1, 0.15) is 53.3 Å². The number of rotatable bonds is 8. The van der Waals surface area contributed by atoms with E-state index >= 15 is 0 Å². The van der Waals surface area contributed by atoms with Crippen LogP contribution in [-0.2, 0) is 43.3 Å². The average molecular weight is 730 g/mol. The van der Waals surface area contributed by atoms with Gasteiger partial charge < -0.3 is 20.1 Å². The normalized spacial score (nSPS) is 22.1. The molecule has 3 aliphatic heterocycles. The Morgan fingerprint density at radius 1 is 1.08 bits per heavy atom. The number of esters is 1. The lowest BCUT2D eigenvalue weighted by Crippen LogP contribution is -2.57. The van der Waals surface area contributed by atoms with Crippen LogP contribution in [0.5, 0.6) is 0 Å². The van der Waals surface area contributed by atoms with Gasteiger partial charge in [-0.1, -0.05) is 60.1 Å². The number of thiol groups is 1. The lowest BCUT2D eigenvalue weighted by molar-refractivity contribution is -0.154. The lowest BCUT2D eigenvalue weighted by atomic mass is 10.00. The summed E-state index contributed by atoms with van der Waals surface area (Å²) in [4.78, 5) is 54.5. The third-order valence-corrected chi connectivity index (χ3v) is 11.9. The van der Waals surface area contributed by atoms with Crippen LogP contribution < -0.4 is 5.32 Å². The molecule has 256 valence electrons. The van der Waals surface area contributed by atoms with Crippen LogP contribution in [-0.4, -0.2) is 80.8 Å². The lowest BCUT2D eigenvalue weighted by Gasteiger charge is -2.39. The van der Waals surface area contributed by atoms with E-state index < -0.39 is 29.3 Å². The van der Waals surface area contributed by atoms with Gasteiger partial charge in [-0.25, -0.2) is 9.59 Å². The number of methoxy groups -OCH3 is 1. The van der Waals surface area contributed by atoms with Crippen LogP contribution in [0.25, 0.3) is 0 Å². The maximum atomic E-state index is 13.0. The van der Waals surface area contributed by atoms with Gasteiger partial charge in [-0.2, -0.15) is 12.6 Å². The predicted molar refractivity (Wildman–Crippen MR) is 192 cm³/mol. The number of carbonyl (C=O) groups excluding carboxylic acids is 3. The highest BCUT2D eigenvalue weighted by Gasteiger charge is 2.43. The Labute approximate surface area is 299 Å². The van der Waals surface area contributed by atoms with Crippen molar-refractivity contribution in [3.63, 3.8) is 0 Å². The maximum absolute atomic E-state index is 13.0. The van der Waals surface area contributed by atoms with Gasteiger partial charge in [0.25, 0.3) is 0 Å². The average Bonchev–Trinajstić information content (AvgIpc) is 3.51. The monoisotopic (exact) mass is 729 g/mol. The topological polar surface area (TPSA) is 116 Å². The van der Waals surface area contributed by atoms with Crippen molar-refractivity contribution in [2.24, 2.45) is 0 Å². The molecule has 3 aliphatic rings. The SMILES string of the molecule is COC(=O)[C@H](c1ccccc1Cl)N1CCc2sccc2C1.O=C(N[C@H]1CCS[C@H]2CCC[C@@H](C(=O)O)N2C1=O)[C@@H](S)Cc1ccccc1. The van der Waals surface area contributed by atoms with Crippen LogP contribution in [0.15, 0.2) is 66.0 Å². The zero-order valence-corrected chi connectivity index (χ0v) is 29.9. The molecule has 0 radical (unpaired) electrons. The van der Waals surface area contributed by atoms with Crippen molar-refractivity contribution in [2.45, 2.75) is 73.8 Å². The molecule has 0 saturated carbocycles. The summed E-state index contributed by atoms with van der Waals surface area (Å²) in [7, 11) is 1.42. The largest absolute Gasteiger partial charge is 0.480 e. The molecule has 6 rings (SSSR count). The fraction of sp³-hybridized carbons (Fsp3) is 0.429. The molecule has 4 heterocycles. The van der Waals surface area contributed by atoms with E-state index in [4.69, 9.17) is 16.3 Å². The molecule has 0 unspecified atom stereocenters. The summed E-state index contributed by atoms with van der Waals surface area (Å²) in [6.07, 6.45) is 3.98. The van der Waals surface area contributed by atoms with E-state index in [0.717, 1.165) is 43.5 Å². The van der Waals surface area contributed by atoms with Crippen molar-refractivity contribution in [1.29, 1.82) is 0 Å². The molecule has 13 heteroatoms. The Bertz CT molecular complexity index is 1590. The van der Waals surface area contributed by atoms with E-state index in [0.29, 0.717) is 30.0 Å². The molecule has 0 spiro atoms. The number of hydrogen-bond donors (Lipinski definition) is 3. The molecule has 2 fully saturated rings. The van der Waals surface area contributed by atoms with E-state index in [9.17, 15) is 24.3 Å². The zero-order valence-electron chi connectivity index (χ0n) is 26.6. The summed E-state index contributed by atoms with van der Waals surface area (Å²) >= 11 is 14.1. The molecule has 0 aliphatic carbocycles. The van der Waals surface area contributed by atoms with E-state index in [-0.39, 0.29) is 23.2 Å². The number of thiophene rings is 1. The second kappa shape index (κ2) is 17.1. The van der Waals surface area contributed by atoms with E-state index in [2.05, 4.69) is 34.3 Å². The Morgan fingerprint density at radius 2 is 1.83 bits per heavy atom. The summed E-state index contributed by atoms with van der Waals surface area (Å²) in [5.41, 5.74) is 3.11. The van der Waals surface area contributed by atoms with Crippen molar-refractivity contribution >= 4 is 71.1 Å². The van der Waals surface area contributed by atoms with Crippen LogP contribution >= 0.6 is 47.3 Å². The minimum atomic E-state index is -0.975. The number of nitrogens with one attached hydrogen (secondary N) is 1. The van der Waals surface area contributed by atoms with Gasteiger partial charge >= 0.3 is 11.9 Å². The molecule has 2 aromatic carbocycles. The minimum absolute atomic E-state index is 0.120. The third-order valence-electron chi connectivity index (χ3n) is 8.85. The summed E-state index contributed by atoms with van der Waals surface area (Å²) < 4.78 is 5.01. The van der Waals surface area contributed by atoms with Crippen LogP contribution in [0.3, 0.4) is 0 Å². The summed E-state index contributed by atoms with van der Waals surface area (Å²) in [5.74, 6) is -1.11. The fourth-order valence-electron chi connectivity index (χ4n) is 6.40. The molecule has 0 bridgehead atoms. The first-order chi connectivity index (χ1) is 23.2. The second-order valence-corrected chi connectivity index (χ2v) is 15.3. The first-order valence-electron chi connectivity index (χ1n) is 16.0. The summed E-state index contributed by atoms with van der Waals surface area (Å²) in [5, 5.41) is 14.3. The number of thioether (sulfide) groups is 1. The Balaban J connectivity index is 0.000000194. The first kappa shape index (κ1) is 36.3. The zero-order chi connectivity index (χ0) is 34.2. The number of nitrogens with zero attached hydrogens (tertiary/aromatic N) is 2. The number of aliphatic carboxylic acids is 1. The second-order valence-electron chi connectivity index (χ2n) is 11.9. The standard InChI is InChI=1S/C19H24N2O4S2.C16H16ClNO2S/c22-17(15(26)11-12-5-2-1-3-6-12)20-13-9-10-27-16-8-4-7-14(19(24)25)21(16)18(13)23;1-20-16(19)15(12-4-2-3-5-13(12)17)18-8-6-14-11(10-18)7-9-21-14/h1-3,5-6,13-16,26H,4,7-11H2,(H,20,22)(H,24,25);2-5,7,9,15H,6,8,10H2,1H3/t13-,14-,15-,16-;15-/m00/s1. The van der Waals surface area contributed by atoms with Crippen molar-refractivity contribution < 1.29 is 29.0 Å². The molecular formula is C35H40ClN3O6S3. The van der Waals surface area contributed by atoms with Crippen molar-refractivity contribution in [3.8, 4) is 0 Å². The number of carboxylic acid groups (broad SMARTS) is 1. The first-order valence-corrected chi connectivity index (χ1v) is 18.8. The number of benzene rings is 2. The number of carboxylic acids is 1. The number of ether oxygens (including phenoxy) is 1. The highest BCUT2D eigenvalue weighted by Crippen LogP contribution is 2.35. The molecule has 48 heavy (non-hydrogen) atoms. The van der Waals surface area contributed by atoms with Gasteiger partial charge in [0.05, 0.1) is 17.7 Å². The highest BCUT2D eigenvalue weighted by molar-refractivity contribution is 7.99. The highest BCUT2D eigenvalue weighted by atomic mass is 35.5. The van der Waals surface area contributed by atoms with Gasteiger partial charge in [-0.15, -0.1) is 23.1 Å². The number of halogens is 1. The van der Waals surface area contributed by atoms with Gasteiger partial charge in [-0.05, 0) is 78.5 Å². The van der Waals surface area contributed by atoms with Crippen molar-refractivity contribution in [2.75, 3.05) is 19.4 Å². The Hall–Kier alpha value is -3.03. The van der Waals surface area contributed by atoms with Crippen LogP contribution in [0, 0.1) is 0 Å².